The number of amidine groups is 1. The highest BCUT2D eigenvalue weighted by Crippen LogP contribution is 2.37. The number of hydrogen-bond donors (Lipinski definition) is 1. The van der Waals surface area contributed by atoms with Gasteiger partial charge in [-0.1, -0.05) is 65.2 Å². The van der Waals surface area contributed by atoms with E-state index in [1.165, 1.54) is 38.1 Å². The first-order valence-electron chi connectivity index (χ1n) is 20.0. The van der Waals surface area contributed by atoms with Gasteiger partial charge in [-0.25, -0.2) is 23.1 Å². The summed E-state index contributed by atoms with van der Waals surface area (Å²) in [6.45, 7) is 9.40. The summed E-state index contributed by atoms with van der Waals surface area (Å²) < 4.78 is 52.3. The first kappa shape index (κ1) is 45.4. The quantitative estimate of drug-likeness (QED) is 0.0649. The van der Waals surface area contributed by atoms with Crippen LogP contribution in [0.25, 0.3) is 0 Å². The fourth-order valence-electron chi connectivity index (χ4n) is 6.68. The van der Waals surface area contributed by atoms with Crippen molar-refractivity contribution in [1.29, 1.82) is 0 Å². The lowest BCUT2D eigenvalue weighted by atomic mass is 9.87. The number of thioether (sulfide) groups is 1. The Morgan fingerprint density at radius 2 is 1.63 bits per heavy atom. The Morgan fingerprint density at radius 3 is 2.31 bits per heavy atom. The zero-order valence-corrected chi connectivity index (χ0v) is 36.7. The van der Waals surface area contributed by atoms with Crippen LogP contribution in [0.5, 0.6) is 11.5 Å². The number of para-hydroxylation sites is 1. The van der Waals surface area contributed by atoms with Crippen LogP contribution in [0.4, 0.5) is 16.2 Å². The molecule has 4 amide bonds. The van der Waals surface area contributed by atoms with Crippen LogP contribution < -0.4 is 14.8 Å². The summed E-state index contributed by atoms with van der Waals surface area (Å²) >= 11 is 1.51. The predicted octanol–water partition coefficient (Wildman–Crippen LogP) is 7.45. The summed E-state index contributed by atoms with van der Waals surface area (Å²) in [4.78, 5) is 50.2. The number of aliphatic imine (C=N–C) groups is 1. The van der Waals surface area contributed by atoms with Gasteiger partial charge < -0.3 is 24.3 Å². The Balaban J connectivity index is 1.48. The minimum Gasteiger partial charge on any atom is -0.497 e. The molecule has 320 valence electrons. The maximum atomic E-state index is 15.0. The highest BCUT2D eigenvalue weighted by atomic mass is 32.2. The standard InChI is InChI=1S/C43H57N5O9S2/c1-8-9-10-13-25-56-26-14-24-47-38(44-33-16-11-12-17-36(33)59(47,52)53)37(48-40(50)41(55-7)46(5)42(48)51)39(49)45-34-29-30(43(2,3)4)18-23-35(34)58-28-15-27-57-32-21-19-31(54-6)20-22-32/h11-12,16-23,29,37,41H,8-10,13-15,24-28H2,1-7H3,(H,45,49). The van der Waals surface area contributed by atoms with E-state index >= 15 is 0 Å². The van der Waals surface area contributed by atoms with Crippen LogP contribution >= 0.6 is 11.8 Å². The topological polar surface area (TPSA) is 156 Å². The number of carbonyl (C=O) groups excluding carboxylic acids is 3. The number of likely N-dealkylation sites (N-methyl/N-ethyl adjacent to an activating group) is 1. The Hall–Kier alpha value is -4.64. The Labute approximate surface area is 352 Å². The van der Waals surface area contributed by atoms with Gasteiger partial charge >= 0.3 is 6.03 Å². The molecule has 1 fully saturated rings. The van der Waals surface area contributed by atoms with Crippen LogP contribution in [0.15, 0.2) is 81.5 Å². The van der Waals surface area contributed by atoms with Crippen LogP contribution in [0.1, 0.15) is 71.8 Å². The zero-order valence-electron chi connectivity index (χ0n) is 35.1. The minimum atomic E-state index is -4.31. The molecule has 1 N–H and O–H groups in total. The van der Waals surface area contributed by atoms with E-state index in [1.807, 2.05) is 63.2 Å². The van der Waals surface area contributed by atoms with Gasteiger partial charge in [0.05, 0.1) is 25.1 Å². The molecule has 0 bridgehead atoms. The maximum Gasteiger partial charge on any atom is 0.330 e. The number of unbranched alkanes of at least 4 members (excludes halogenated alkanes) is 3. The second-order valence-electron chi connectivity index (χ2n) is 15.3. The number of nitrogens with one attached hydrogen (secondary N) is 1. The number of nitrogens with zero attached hydrogens (tertiary/aromatic N) is 4. The highest BCUT2D eigenvalue weighted by molar-refractivity contribution is 7.99. The second-order valence-corrected chi connectivity index (χ2v) is 18.3. The van der Waals surface area contributed by atoms with Crippen molar-refractivity contribution in [3.05, 3.63) is 72.3 Å². The molecule has 14 nitrogen and oxygen atoms in total. The van der Waals surface area contributed by atoms with Gasteiger partial charge in [0.25, 0.3) is 21.8 Å². The van der Waals surface area contributed by atoms with Crippen molar-refractivity contribution in [2.75, 3.05) is 58.7 Å². The molecule has 2 aliphatic heterocycles. The van der Waals surface area contributed by atoms with Gasteiger partial charge in [-0.2, -0.15) is 0 Å². The van der Waals surface area contributed by atoms with Crippen molar-refractivity contribution >= 4 is 56.8 Å². The summed E-state index contributed by atoms with van der Waals surface area (Å²) in [6.07, 6.45) is 3.73. The Morgan fingerprint density at radius 1 is 0.915 bits per heavy atom. The number of methoxy groups -OCH3 is 2. The third-order valence-electron chi connectivity index (χ3n) is 9.98. The molecule has 16 heteroatoms. The molecule has 3 aromatic carbocycles. The average Bonchev–Trinajstić information content (AvgIpc) is 3.42. The summed E-state index contributed by atoms with van der Waals surface area (Å²) in [5, 5.41) is 3.00. The lowest BCUT2D eigenvalue weighted by Crippen LogP contribution is -2.59. The third-order valence-corrected chi connectivity index (χ3v) is 13.0. The van der Waals surface area contributed by atoms with Crippen molar-refractivity contribution < 1.29 is 41.7 Å². The van der Waals surface area contributed by atoms with Crippen LogP contribution in [0.3, 0.4) is 0 Å². The van der Waals surface area contributed by atoms with Gasteiger partial charge in [0.2, 0.25) is 6.23 Å². The molecule has 0 radical (unpaired) electrons. The molecule has 2 heterocycles. The van der Waals surface area contributed by atoms with E-state index in [0.717, 1.165) is 61.7 Å². The lowest BCUT2D eigenvalue weighted by molar-refractivity contribution is -0.141. The number of carbonyl (C=O) groups is 3. The molecule has 0 spiro atoms. The number of anilines is 1. The largest absolute Gasteiger partial charge is 0.497 e. The first-order chi connectivity index (χ1) is 28.2. The summed E-state index contributed by atoms with van der Waals surface area (Å²) in [7, 11) is -0.0412. The van der Waals surface area contributed by atoms with Crippen molar-refractivity contribution in [3.63, 3.8) is 0 Å². The normalized spacial score (nSPS) is 16.8. The molecule has 5 rings (SSSR count). The van der Waals surface area contributed by atoms with Gasteiger partial charge in [0, 0.05) is 44.6 Å². The molecular formula is C43H57N5O9S2. The smallest absolute Gasteiger partial charge is 0.330 e. The number of rotatable bonds is 21. The number of ether oxygens (including phenoxy) is 4. The van der Waals surface area contributed by atoms with Crippen LogP contribution in [0.2, 0.25) is 0 Å². The second kappa shape index (κ2) is 20.6. The monoisotopic (exact) mass is 851 g/mol. The number of imide groups is 1. The third kappa shape index (κ3) is 11.0. The van der Waals surface area contributed by atoms with E-state index in [2.05, 4.69) is 12.2 Å². The Bertz CT molecular complexity index is 2070. The summed E-state index contributed by atoms with van der Waals surface area (Å²) in [6, 6.07) is 16.7. The maximum absolute atomic E-state index is 15.0. The average molecular weight is 852 g/mol. The van der Waals surface area contributed by atoms with E-state index < -0.39 is 40.1 Å². The SMILES string of the molecule is CCCCCCOCCCN1C(C(C(=O)Nc2cc(C(C)(C)C)ccc2SCCCOc2ccc(OC)cc2)N2C(=O)C(OC)N(C)C2=O)=Nc2ccccc2S1(=O)=O. The van der Waals surface area contributed by atoms with Gasteiger partial charge in [0.15, 0.2) is 11.9 Å². The molecule has 0 aliphatic carbocycles. The fourth-order valence-corrected chi connectivity index (χ4v) is 9.22. The van der Waals surface area contributed by atoms with Gasteiger partial charge in [-0.15, -0.1) is 11.8 Å². The molecule has 2 unspecified atom stereocenters. The molecule has 0 saturated carbocycles. The number of sulfonamides is 1. The van der Waals surface area contributed by atoms with E-state index in [4.69, 9.17) is 23.9 Å². The zero-order chi connectivity index (χ0) is 42.7. The first-order valence-corrected chi connectivity index (χ1v) is 22.4. The summed E-state index contributed by atoms with van der Waals surface area (Å²) in [5.74, 6) is 0.156. The van der Waals surface area contributed by atoms with Crippen molar-refractivity contribution in [3.8, 4) is 11.5 Å². The van der Waals surface area contributed by atoms with Crippen LogP contribution in [0, 0.1) is 0 Å². The van der Waals surface area contributed by atoms with E-state index in [-0.39, 0.29) is 41.4 Å². The van der Waals surface area contributed by atoms with Gasteiger partial charge in [0.1, 0.15) is 16.4 Å². The number of amides is 4. The van der Waals surface area contributed by atoms with Crippen molar-refractivity contribution in [2.24, 2.45) is 4.99 Å². The lowest BCUT2D eigenvalue weighted by Gasteiger charge is -2.35. The summed E-state index contributed by atoms with van der Waals surface area (Å²) in [5.41, 5.74) is 1.14. The molecule has 59 heavy (non-hydrogen) atoms. The van der Waals surface area contributed by atoms with E-state index in [0.29, 0.717) is 31.1 Å². The van der Waals surface area contributed by atoms with Gasteiger partial charge in [-0.3, -0.25) is 18.8 Å². The molecule has 2 atom stereocenters. The van der Waals surface area contributed by atoms with Crippen molar-refractivity contribution in [2.45, 2.75) is 93.7 Å². The van der Waals surface area contributed by atoms with Crippen LogP contribution in [-0.4, -0.2) is 112 Å². The van der Waals surface area contributed by atoms with E-state index in [9.17, 15) is 22.8 Å². The van der Waals surface area contributed by atoms with Crippen molar-refractivity contribution in [1.82, 2.24) is 14.1 Å². The fraction of sp³-hybridized carbons (Fsp3) is 0.488. The van der Waals surface area contributed by atoms with Gasteiger partial charge in [-0.05, 0) is 78.8 Å². The number of benzene rings is 3. The Kier molecular flexibility index (Phi) is 15.8. The molecule has 3 aromatic rings. The predicted molar refractivity (Wildman–Crippen MR) is 229 cm³/mol. The number of urea groups is 1. The van der Waals surface area contributed by atoms with Crippen LogP contribution in [-0.2, 0) is 34.5 Å². The molecule has 0 aromatic heterocycles. The highest BCUT2D eigenvalue weighted by Gasteiger charge is 2.53. The molecular weight excluding hydrogens is 795 g/mol. The number of hydrogen-bond acceptors (Lipinski definition) is 11. The number of fused-ring (bicyclic) bond motifs is 1. The van der Waals surface area contributed by atoms with E-state index in [1.54, 1.807) is 19.2 Å². The molecule has 2 aliphatic rings. The molecule has 1 saturated heterocycles. The minimum absolute atomic E-state index is 0.0538.